The largest absolute Gasteiger partial charge is 0.467 e. The van der Waals surface area contributed by atoms with Crippen LogP contribution in [0.4, 0.5) is 14.4 Å². The van der Waals surface area contributed by atoms with E-state index < -0.39 is 60.1 Å². The summed E-state index contributed by atoms with van der Waals surface area (Å²) in [5.41, 5.74) is -2.08. The smallest absolute Gasteiger partial charge is 0.420 e. The van der Waals surface area contributed by atoms with Crippen LogP contribution in [0.15, 0.2) is 4.42 Å². The van der Waals surface area contributed by atoms with Gasteiger partial charge in [0.2, 0.25) is 11.8 Å². The summed E-state index contributed by atoms with van der Waals surface area (Å²) >= 11 is 0. The minimum Gasteiger partial charge on any atom is -0.467 e. The Morgan fingerprint density at radius 1 is 1.32 bits per heavy atom. The predicted octanol–water partition coefficient (Wildman–Crippen LogP) is 1.24. The van der Waals surface area contributed by atoms with E-state index in [1.807, 2.05) is 0 Å². The van der Waals surface area contributed by atoms with E-state index in [0.29, 0.717) is 0 Å². The SMILES string of the molecule is COC(=O)[C@H](CO)NC(=O)N[C@]1(c2nnc([C@@H]3[C@@H](C)OC(=O)N3C(=O)OC(C)(C)C)o2)C[C@@H](CC#N)C1. The Balaban J connectivity index is 1.86. The lowest BCUT2D eigenvalue weighted by Crippen LogP contribution is -2.59. The molecule has 15 nitrogen and oxygen atoms in total. The lowest BCUT2D eigenvalue weighted by molar-refractivity contribution is -0.143. The number of nitrogens with zero attached hydrogens (tertiary/aromatic N) is 4. The van der Waals surface area contributed by atoms with Crippen LogP contribution < -0.4 is 10.6 Å². The van der Waals surface area contributed by atoms with Crippen LogP contribution in [0.2, 0.25) is 0 Å². The number of ether oxygens (including phenoxy) is 3. The second-order valence-corrected chi connectivity index (χ2v) is 9.90. The average molecular weight is 523 g/mol. The molecule has 3 rings (SSSR count). The topological polar surface area (TPSA) is 206 Å². The van der Waals surface area contributed by atoms with Crippen molar-refractivity contribution in [2.75, 3.05) is 13.7 Å². The van der Waals surface area contributed by atoms with Crippen LogP contribution in [0.3, 0.4) is 0 Å². The van der Waals surface area contributed by atoms with Crippen molar-refractivity contribution in [2.24, 2.45) is 5.92 Å². The van der Waals surface area contributed by atoms with Crippen LogP contribution in [0, 0.1) is 17.2 Å². The molecular weight excluding hydrogens is 492 g/mol. The highest BCUT2D eigenvalue weighted by Crippen LogP contribution is 2.47. The number of methoxy groups -OCH3 is 1. The van der Waals surface area contributed by atoms with Gasteiger partial charge in [0.15, 0.2) is 12.1 Å². The molecule has 0 bridgehead atoms. The van der Waals surface area contributed by atoms with Crippen LogP contribution in [0.25, 0.3) is 0 Å². The fraction of sp³-hybridized carbons (Fsp3) is 0.682. The quantitative estimate of drug-likeness (QED) is 0.341. The fourth-order valence-corrected chi connectivity index (χ4v) is 4.22. The van der Waals surface area contributed by atoms with Gasteiger partial charge in [-0.25, -0.2) is 19.2 Å². The number of aromatic nitrogens is 2. The first-order chi connectivity index (χ1) is 17.3. The van der Waals surface area contributed by atoms with Crippen molar-refractivity contribution >= 4 is 24.2 Å². The molecule has 3 atom stereocenters. The van der Waals surface area contributed by atoms with Crippen molar-refractivity contribution in [1.82, 2.24) is 25.7 Å². The summed E-state index contributed by atoms with van der Waals surface area (Å²) in [5, 5.41) is 31.5. The van der Waals surface area contributed by atoms with Crippen LogP contribution in [0.1, 0.15) is 64.8 Å². The number of carbonyl (C=O) groups excluding carboxylic acids is 4. The molecule has 1 saturated heterocycles. The number of cyclic esters (lactones) is 1. The molecule has 1 saturated carbocycles. The van der Waals surface area contributed by atoms with Gasteiger partial charge in [0.25, 0.3) is 0 Å². The maximum atomic E-state index is 12.7. The average Bonchev–Trinajstić information content (AvgIpc) is 3.38. The standard InChI is InChI=1S/C22H30N6O9/c1-11-14(28(19(32)35-11)20(33)37-21(2,3)4)15-26-27-17(36-15)22(8-12(9-22)6-7-23)25-18(31)24-13(10-29)16(30)34-5/h11-14,29H,6,8-10H2,1-5H3,(H2,24,25,31)/t11-,12-,13+,14+,22-/m1/s1. The summed E-state index contributed by atoms with van der Waals surface area (Å²) in [7, 11) is 1.11. The van der Waals surface area contributed by atoms with Crippen LogP contribution in [-0.4, -0.2) is 75.9 Å². The van der Waals surface area contributed by atoms with Crippen molar-refractivity contribution < 1.29 is 42.9 Å². The van der Waals surface area contributed by atoms with E-state index >= 15 is 0 Å². The first-order valence-electron chi connectivity index (χ1n) is 11.5. The van der Waals surface area contributed by atoms with E-state index in [0.717, 1.165) is 12.0 Å². The first kappa shape index (κ1) is 27.7. The number of aliphatic hydroxyl groups excluding tert-OH is 1. The second kappa shape index (κ2) is 10.6. The Hall–Kier alpha value is -3.93. The summed E-state index contributed by atoms with van der Waals surface area (Å²) < 4.78 is 20.9. The molecule has 1 aliphatic heterocycles. The van der Waals surface area contributed by atoms with Gasteiger partial charge in [0, 0.05) is 6.42 Å². The highest BCUT2D eigenvalue weighted by atomic mass is 16.6. The number of rotatable bonds is 7. The van der Waals surface area contributed by atoms with E-state index in [2.05, 4.69) is 31.6 Å². The lowest BCUT2D eigenvalue weighted by atomic mass is 9.67. The summed E-state index contributed by atoms with van der Waals surface area (Å²) in [6.07, 6.45) is -1.96. The first-order valence-corrected chi connectivity index (χ1v) is 11.5. The molecule has 1 aliphatic carbocycles. The van der Waals surface area contributed by atoms with Crippen molar-refractivity contribution in [3.05, 3.63) is 11.8 Å². The molecule has 3 N–H and O–H groups in total. The highest BCUT2D eigenvalue weighted by Gasteiger charge is 2.53. The zero-order valence-corrected chi connectivity index (χ0v) is 21.1. The number of urea groups is 1. The molecule has 2 fully saturated rings. The van der Waals surface area contributed by atoms with Gasteiger partial charge < -0.3 is 34.4 Å². The number of hydrogen-bond acceptors (Lipinski definition) is 12. The molecule has 0 aromatic carbocycles. The summed E-state index contributed by atoms with van der Waals surface area (Å²) in [4.78, 5) is 50.3. The Kier molecular flexibility index (Phi) is 7.91. The van der Waals surface area contributed by atoms with Gasteiger partial charge in [0.05, 0.1) is 19.8 Å². The van der Waals surface area contributed by atoms with E-state index in [1.54, 1.807) is 27.7 Å². The predicted molar refractivity (Wildman–Crippen MR) is 120 cm³/mol. The number of nitrogens with one attached hydrogen (secondary N) is 2. The fourth-order valence-electron chi connectivity index (χ4n) is 4.22. The molecular formula is C22H30N6O9. The molecule has 2 heterocycles. The molecule has 0 unspecified atom stereocenters. The maximum absolute atomic E-state index is 12.7. The Morgan fingerprint density at radius 2 is 2.00 bits per heavy atom. The molecule has 15 heteroatoms. The third-order valence-electron chi connectivity index (χ3n) is 5.88. The second-order valence-electron chi connectivity index (χ2n) is 9.90. The highest BCUT2D eigenvalue weighted by molar-refractivity contribution is 5.90. The minimum atomic E-state index is -1.31. The van der Waals surface area contributed by atoms with Crippen LogP contribution in [-0.2, 0) is 24.5 Å². The van der Waals surface area contributed by atoms with E-state index in [4.69, 9.17) is 19.2 Å². The molecule has 1 aromatic rings. The Labute approximate surface area is 212 Å². The van der Waals surface area contributed by atoms with Crippen LogP contribution in [0.5, 0.6) is 0 Å². The molecule has 4 amide bonds. The Morgan fingerprint density at radius 3 is 2.57 bits per heavy atom. The zero-order chi connectivity index (χ0) is 27.5. The normalized spacial score (nSPS) is 25.8. The van der Waals surface area contributed by atoms with Crippen molar-refractivity contribution in [2.45, 2.75) is 76.3 Å². The third-order valence-corrected chi connectivity index (χ3v) is 5.88. The van der Waals surface area contributed by atoms with E-state index in [1.165, 1.54) is 0 Å². The molecule has 0 spiro atoms. The van der Waals surface area contributed by atoms with Gasteiger partial charge in [-0.3, -0.25) is 0 Å². The van der Waals surface area contributed by atoms with Crippen molar-refractivity contribution in [1.29, 1.82) is 5.26 Å². The van der Waals surface area contributed by atoms with Gasteiger partial charge in [0.1, 0.15) is 17.2 Å². The number of carbonyl (C=O) groups is 4. The summed E-state index contributed by atoms with van der Waals surface area (Å²) in [6.45, 7) is 5.79. The minimum absolute atomic E-state index is 0.0267. The van der Waals surface area contributed by atoms with Gasteiger partial charge in [-0.2, -0.15) is 10.2 Å². The zero-order valence-electron chi connectivity index (χ0n) is 21.1. The molecule has 0 radical (unpaired) electrons. The van der Waals surface area contributed by atoms with Gasteiger partial charge in [-0.05, 0) is 46.5 Å². The molecule has 37 heavy (non-hydrogen) atoms. The monoisotopic (exact) mass is 522 g/mol. The number of hydrogen-bond donors (Lipinski definition) is 3. The number of nitriles is 1. The molecule has 202 valence electrons. The summed E-state index contributed by atoms with van der Waals surface area (Å²) in [5.74, 6) is -1.07. The summed E-state index contributed by atoms with van der Waals surface area (Å²) in [6, 6.07) is -1.13. The Bertz CT molecular complexity index is 1090. The number of amides is 4. The number of imide groups is 1. The lowest BCUT2D eigenvalue weighted by Gasteiger charge is -2.44. The van der Waals surface area contributed by atoms with Gasteiger partial charge in [-0.1, -0.05) is 0 Å². The van der Waals surface area contributed by atoms with Crippen LogP contribution >= 0.6 is 0 Å². The van der Waals surface area contributed by atoms with E-state index in [-0.39, 0.29) is 37.0 Å². The number of esters is 1. The number of aliphatic hydroxyl groups is 1. The molecule has 1 aromatic heterocycles. The van der Waals surface area contributed by atoms with Gasteiger partial charge in [-0.15, -0.1) is 10.2 Å². The van der Waals surface area contributed by atoms with Crippen molar-refractivity contribution in [3.63, 3.8) is 0 Å². The maximum Gasteiger partial charge on any atom is 0.420 e. The van der Waals surface area contributed by atoms with Crippen molar-refractivity contribution in [3.8, 4) is 6.07 Å². The van der Waals surface area contributed by atoms with Gasteiger partial charge >= 0.3 is 24.2 Å². The molecule has 2 aliphatic rings. The van der Waals surface area contributed by atoms with E-state index in [9.17, 15) is 24.3 Å². The third kappa shape index (κ3) is 5.91.